The maximum atomic E-state index is 9.61. The molecule has 1 aromatic rings. The molecule has 0 amide bonds. The summed E-state index contributed by atoms with van der Waals surface area (Å²) in [6.45, 7) is 0. The van der Waals surface area contributed by atoms with Crippen LogP contribution in [0.25, 0.3) is 0 Å². The van der Waals surface area contributed by atoms with Crippen molar-refractivity contribution < 1.29 is 9.47 Å². The summed E-state index contributed by atoms with van der Waals surface area (Å²) in [5, 5.41) is 9.61. The average Bonchev–Trinajstić information content (AvgIpc) is 2.95. The zero-order valence-corrected chi connectivity index (χ0v) is 12.1. The van der Waals surface area contributed by atoms with E-state index in [4.69, 9.17) is 21.1 Å². The highest BCUT2D eigenvalue weighted by molar-refractivity contribution is 6.17. The third-order valence-corrected chi connectivity index (χ3v) is 4.23. The minimum absolute atomic E-state index is 0.374. The molecule has 3 nitrogen and oxygen atoms in total. The minimum atomic E-state index is -0.413. The second-order valence-corrected chi connectivity index (χ2v) is 5.17. The van der Waals surface area contributed by atoms with Crippen LogP contribution in [0.2, 0.25) is 0 Å². The van der Waals surface area contributed by atoms with Gasteiger partial charge in [-0.3, -0.25) is 0 Å². The van der Waals surface area contributed by atoms with Gasteiger partial charge in [-0.05, 0) is 36.1 Å². The monoisotopic (exact) mass is 279 g/mol. The fourth-order valence-electron chi connectivity index (χ4n) is 2.90. The highest BCUT2D eigenvalue weighted by atomic mass is 35.5. The molecular weight excluding hydrogens is 262 g/mol. The van der Waals surface area contributed by atoms with Gasteiger partial charge in [0.15, 0.2) is 11.5 Å². The van der Waals surface area contributed by atoms with Crippen LogP contribution in [0.15, 0.2) is 12.1 Å². The number of rotatable bonds is 4. The molecule has 4 heteroatoms. The molecule has 0 radical (unpaired) electrons. The summed E-state index contributed by atoms with van der Waals surface area (Å²) in [6, 6.07) is 6.31. The van der Waals surface area contributed by atoms with E-state index >= 15 is 0 Å². The summed E-state index contributed by atoms with van der Waals surface area (Å²) in [7, 11) is 3.21. The first-order valence-corrected chi connectivity index (χ1v) is 6.97. The van der Waals surface area contributed by atoms with Crippen molar-refractivity contribution in [2.75, 3.05) is 14.2 Å². The quantitative estimate of drug-likeness (QED) is 0.788. The van der Waals surface area contributed by atoms with Gasteiger partial charge in [-0.25, -0.2) is 0 Å². The van der Waals surface area contributed by atoms with E-state index in [1.54, 1.807) is 14.2 Å². The predicted octanol–water partition coefficient (Wildman–Crippen LogP) is 3.78. The Labute approximate surface area is 119 Å². The van der Waals surface area contributed by atoms with Crippen LogP contribution >= 0.6 is 11.6 Å². The van der Waals surface area contributed by atoms with Crippen molar-refractivity contribution in [3.63, 3.8) is 0 Å². The molecule has 0 spiro atoms. The van der Waals surface area contributed by atoms with Gasteiger partial charge in [0.2, 0.25) is 0 Å². The van der Waals surface area contributed by atoms with Crippen LogP contribution in [0, 0.1) is 11.3 Å². The topological polar surface area (TPSA) is 42.2 Å². The van der Waals surface area contributed by atoms with Gasteiger partial charge in [0.25, 0.3) is 0 Å². The smallest absolute Gasteiger partial charge is 0.161 e. The lowest BCUT2D eigenvalue weighted by molar-refractivity contribution is 0.353. The summed E-state index contributed by atoms with van der Waals surface area (Å²) in [5.74, 6) is 1.69. The molecular formula is C15H18ClNO2. The Morgan fingerprint density at radius 3 is 2.26 bits per heavy atom. The van der Waals surface area contributed by atoms with Crippen LogP contribution in [0.5, 0.6) is 11.5 Å². The average molecular weight is 280 g/mol. The number of hydrogen-bond acceptors (Lipinski definition) is 3. The van der Waals surface area contributed by atoms with E-state index in [2.05, 4.69) is 6.07 Å². The second kappa shape index (κ2) is 5.71. The minimum Gasteiger partial charge on any atom is -0.493 e. The number of nitrogens with zero attached hydrogens (tertiary/aromatic N) is 1. The van der Waals surface area contributed by atoms with Gasteiger partial charge in [0.1, 0.15) is 0 Å². The number of methoxy groups -OCH3 is 2. The first kappa shape index (κ1) is 14.0. The molecule has 0 aromatic heterocycles. The summed E-state index contributed by atoms with van der Waals surface area (Å²) < 4.78 is 10.6. The van der Waals surface area contributed by atoms with Crippen LogP contribution in [0.4, 0.5) is 0 Å². The Kier molecular flexibility index (Phi) is 4.21. The molecule has 102 valence electrons. The van der Waals surface area contributed by atoms with Crippen LogP contribution in [0.1, 0.15) is 36.8 Å². The van der Waals surface area contributed by atoms with Gasteiger partial charge in [-0.1, -0.05) is 12.8 Å². The lowest BCUT2D eigenvalue weighted by Crippen LogP contribution is -2.21. The van der Waals surface area contributed by atoms with Gasteiger partial charge in [0, 0.05) is 5.88 Å². The van der Waals surface area contributed by atoms with E-state index in [0.717, 1.165) is 36.8 Å². The van der Waals surface area contributed by atoms with Crippen molar-refractivity contribution in [3.8, 4) is 17.6 Å². The molecule has 0 saturated heterocycles. The third kappa shape index (κ3) is 2.37. The summed E-state index contributed by atoms with van der Waals surface area (Å²) in [5.41, 5.74) is 1.55. The Balaban J connectivity index is 2.58. The highest BCUT2D eigenvalue weighted by Gasteiger charge is 2.38. The van der Waals surface area contributed by atoms with Crippen LogP contribution in [0.3, 0.4) is 0 Å². The Hall–Kier alpha value is -1.40. The van der Waals surface area contributed by atoms with E-state index in [1.165, 1.54) is 0 Å². The molecule has 0 bridgehead atoms. The third-order valence-electron chi connectivity index (χ3n) is 3.94. The van der Waals surface area contributed by atoms with Gasteiger partial charge < -0.3 is 9.47 Å². The largest absolute Gasteiger partial charge is 0.493 e. The van der Waals surface area contributed by atoms with Crippen molar-refractivity contribution in [1.29, 1.82) is 5.26 Å². The van der Waals surface area contributed by atoms with Gasteiger partial charge in [0.05, 0.1) is 25.7 Å². The van der Waals surface area contributed by atoms with E-state index in [1.807, 2.05) is 12.1 Å². The Morgan fingerprint density at radius 1 is 1.21 bits per heavy atom. The number of nitriles is 1. The molecule has 1 aliphatic carbocycles. The zero-order valence-electron chi connectivity index (χ0n) is 11.3. The second-order valence-electron chi connectivity index (χ2n) is 4.90. The number of alkyl halides is 1. The molecule has 19 heavy (non-hydrogen) atoms. The lowest BCUT2D eigenvalue weighted by atomic mass is 9.78. The SMILES string of the molecule is COc1cc(CCl)c(C2(C#N)CCCC2)cc1OC. The first-order valence-electron chi connectivity index (χ1n) is 6.43. The van der Waals surface area contributed by atoms with Crippen LogP contribution < -0.4 is 9.47 Å². The Bertz CT molecular complexity index is 502. The molecule has 2 rings (SSSR count). The van der Waals surface area contributed by atoms with Gasteiger partial charge in [-0.15, -0.1) is 11.6 Å². The van der Waals surface area contributed by atoms with E-state index in [-0.39, 0.29) is 0 Å². The van der Waals surface area contributed by atoms with Gasteiger partial charge >= 0.3 is 0 Å². The standard InChI is InChI=1S/C15H18ClNO2/c1-18-13-7-11(9-16)12(8-14(13)19-2)15(10-17)5-3-4-6-15/h7-8H,3-6,9H2,1-2H3. The van der Waals surface area contributed by atoms with Crippen molar-refractivity contribution in [2.24, 2.45) is 0 Å². The van der Waals surface area contributed by atoms with Crippen molar-refractivity contribution in [1.82, 2.24) is 0 Å². The fraction of sp³-hybridized carbons (Fsp3) is 0.533. The van der Waals surface area contributed by atoms with E-state index in [9.17, 15) is 5.26 Å². The molecule has 0 unspecified atom stereocenters. The molecule has 0 aliphatic heterocycles. The molecule has 1 aromatic carbocycles. The lowest BCUT2D eigenvalue weighted by Gasteiger charge is -2.25. The number of ether oxygens (including phenoxy) is 2. The first-order chi connectivity index (χ1) is 9.20. The van der Waals surface area contributed by atoms with Crippen LogP contribution in [-0.4, -0.2) is 14.2 Å². The van der Waals surface area contributed by atoms with Gasteiger partial charge in [-0.2, -0.15) is 5.26 Å². The van der Waals surface area contributed by atoms with Crippen molar-refractivity contribution in [2.45, 2.75) is 37.0 Å². The molecule has 1 aliphatic rings. The maximum Gasteiger partial charge on any atom is 0.161 e. The predicted molar refractivity (Wildman–Crippen MR) is 74.9 cm³/mol. The van der Waals surface area contributed by atoms with E-state index < -0.39 is 5.41 Å². The highest BCUT2D eigenvalue weighted by Crippen LogP contribution is 2.45. The molecule has 0 heterocycles. The van der Waals surface area contributed by atoms with Crippen LogP contribution in [-0.2, 0) is 11.3 Å². The Morgan fingerprint density at radius 2 is 1.79 bits per heavy atom. The number of benzene rings is 1. The maximum absolute atomic E-state index is 9.61. The molecule has 0 atom stereocenters. The zero-order chi connectivity index (χ0) is 13.9. The van der Waals surface area contributed by atoms with Crippen molar-refractivity contribution >= 4 is 11.6 Å². The number of halogens is 1. The fourth-order valence-corrected chi connectivity index (χ4v) is 3.12. The normalized spacial score (nSPS) is 16.9. The molecule has 0 N–H and O–H groups in total. The molecule has 1 fully saturated rings. The van der Waals surface area contributed by atoms with Crippen molar-refractivity contribution in [3.05, 3.63) is 23.3 Å². The summed E-state index contributed by atoms with van der Waals surface area (Å²) >= 11 is 6.05. The summed E-state index contributed by atoms with van der Waals surface area (Å²) in [6.07, 6.45) is 3.96. The number of hydrogen-bond donors (Lipinski definition) is 0. The summed E-state index contributed by atoms with van der Waals surface area (Å²) in [4.78, 5) is 0. The van der Waals surface area contributed by atoms with E-state index in [0.29, 0.717) is 17.4 Å². The molecule has 1 saturated carbocycles.